The Hall–Kier alpha value is -2.40. The molecular weight excluding hydrogens is 309 g/mol. The van der Waals surface area contributed by atoms with Crippen molar-refractivity contribution in [3.8, 4) is 5.75 Å². The fourth-order valence-electron chi connectivity index (χ4n) is 2.70. The van der Waals surface area contributed by atoms with Gasteiger partial charge in [0.2, 0.25) is 0 Å². The number of hydrogen-bond acceptors (Lipinski definition) is 3. The summed E-state index contributed by atoms with van der Waals surface area (Å²) in [5.41, 5.74) is 1.69. The zero-order chi connectivity index (χ0) is 16.9. The average Bonchev–Trinajstić information content (AvgIpc) is 3.09. The van der Waals surface area contributed by atoms with Crippen molar-refractivity contribution in [2.75, 3.05) is 18.5 Å². The van der Waals surface area contributed by atoms with E-state index < -0.39 is 0 Å². The number of rotatable bonds is 5. The van der Waals surface area contributed by atoms with Crippen LogP contribution in [0, 0.1) is 12.7 Å². The second-order valence-electron chi connectivity index (χ2n) is 5.86. The van der Waals surface area contributed by atoms with E-state index in [1.165, 1.54) is 12.1 Å². The summed E-state index contributed by atoms with van der Waals surface area (Å²) >= 11 is 0. The third-order valence-electron chi connectivity index (χ3n) is 4.02. The highest BCUT2D eigenvalue weighted by Crippen LogP contribution is 2.23. The molecule has 1 atom stereocenters. The molecule has 1 amide bonds. The molecule has 4 nitrogen and oxygen atoms in total. The van der Waals surface area contributed by atoms with E-state index in [1.807, 2.05) is 6.07 Å². The maximum atomic E-state index is 13.2. The molecule has 1 aliphatic heterocycles. The summed E-state index contributed by atoms with van der Waals surface area (Å²) in [7, 11) is 0. The molecule has 0 saturated carbocycles. The van der Waals surface area contributed by atoms with Crippen LogP contribution in [0.3, 0.4) is 0 Å². The van der Waals surface area contributed by atoms with E-state index in [0.717, 1.165) is 19.4 Å². The highest BCUT2D eigenvalue weighted by molar-refractivity contribution is 6.06. The molecule has 1 heterocycles. The van der Waals surface area contributed by atoms with E-state index in [9.17, 15) is 9.18 Å². The SMILES string of the molecule is Cc1cc(F)ccc1NC(=O)c1ccccc1OCC1CCCO1. The van der Waals surface area contributed by atoms with Crippen LogP contribution < -0.4 is 10.1 Å². The standard InChI is InChI=1S/C19H20FNO3/c1-13-11-14(20)8-9-17(13)21-19(22)16-6-2-3-7-18(16)24-12-15-5-4-10-23-15/h2-3,6-9,11,15H,4-5,10,12H2,1H3,(H,21,22). The van der Waals surface area contributed by atoms with Gasteiger partial charge in [0.05, 0.1) is 11.7 Å². The topological polar surface area (TPSA) is 47.6 Å². The molecule has 1 unspecified atom stereocenters. The maximum Gasteiger partial charge on any atom is 0.259 e. The molecule has 24 heavy (non-hydrogen) atoms. The van der Waals surface area contributed by atoms with Crippen LogP contribution in [0.15, 0.2) is 42.5 Å². The first-order chi connectivity index (χ1) is 11.6. The minimum atomic E-state index is -0.328. The van der Waals surface area contributed by atoms with Crippen molar-refractivity contribution in [3.05, 3.63) is 59.4 Å². The zero-order valence-corrected chi connectivity index (χ0v) is 13.5. The van der Waals surface area contributed by atoms with Gasteiger partial charge >= 0.3 is 0 Å². The molecule has 5 heteroatoms. The largest absolute Gasteiger partial charge is 0.490 e. The molecule has 0 aliphatic carbocycles. The van der Waals surface area contributed by atoms with Gasteiger partial charge in [-0.05, 0) is 55.7 Å². The molecule has 0 bridgehead atoms. The van der Waals surface area contributed by atoms with Crippen molar-refractivity contribution in [3.63, 3.8) is 0 Å². The molecule has 1 fully saturated rings. The van der Waals surface area contributed by atoms with Gasteiger partial charge in [0.1, 0.15) is 18.2 Å². The summed E-state index contributed by atoms with van der Waals surface area (Å²) in [6, 6.07) is 11.3. The molecule has 3 rings (SSSR count). The maximum absolute atomic E-state index is 13.2. The number of carbonyl (C=O) groups is 1. The zero-order valence-electron chi connectivity index (χ0n) is 13.5. The van der Waals surface area contributed by atoms with Gasteiger partial charge in [-0.25, -0.2) is 4.39 Å². The molecule has 1 aliphatic rings. The minimum absolute atomic E-state index is 0.0838. The van der Waals surface area contributed by atoms with Crippen LogP contribution in [-0.4, -0.2) is 25.2 Å². The van der Waals surface area contributed by atoms with Crippen LogP contribution >= 0.6 is 0 Å². The predicted octanol–water partition coefficient (Wildman–Crippen LogP) is 3.94. The number of aryl methyl sites for hydroxylation is 1. The Kier molecular flexibility index (Phi) is 5.11. The van der Waals surface area contributed by atoms with Crippen molar-refractivity contribution < 1.29 is 18.7 Å². The van der Waals surface area contributed by atoms with Crippen LogP contribution in [0.1, 0.15) is 28.8 Å². The van der Waals surface area contributed by atoms with Crippen LogP contribution in [0.4, 0.5) is 10.1 Å². The Labute approximate surface area is 140 Å². The summed E-state index contributed by atoms with van der Waals surface area (Å²) in [5, 5.41) is 2.81. The molecule has 126 valence electrons. The van der Waals surface area contributed by atoms with E-state index in [2.05, 4.69) is 5.32 Å². The molecule has 2 aromatic rings. The Morgan fingerprint density at radius 3 is 2.92 bits per heavy atom. The summed E-state index contributed by atoms with van der Waals surface area (Å²) in [6.45, 7) is 2.94. The lowest BCUT2D eigenvalue weighted by Crippen LogP contribution is -2.19. The van der Waals surface area contributed by atoms with Crippen molar-refractivity contribution >= 4 is 11.6 Å². The Morgan fingerprint density at radius 1 is 1.33 bits per heavy atom. The molecule has 0 radical (unpaired) electrons. The van der Waals surface area contributed by atoms with E-state index in [1.54, 1.807) is 31.2 Å². The van der Waals surface area contributed by atoms with E-state index >= 15 is 0 Å². The lowest BCUT2D eigenvalue weighted by atomic mass is 10.1. The fraction of sp³-hybridized carbons (Fsp3) is 0.316. The van der Waals surface area contributed by atoms with Crippen LogP contribution in [-0.2, 0) is 4.74 Å². The molecule has 0 spiro atoms. The van der Waals surface area contributed by atoms with E-state index in [-0.39, 0.29) is 17.8 Å². The van der Waals surface area contributed by atoms with Gasteiger partial charge in [-0.1, -0.05) is 12.1 Å². The number of carbonyl (C=O) groups excluding carboxylic acids is 1. The van der Waals surface area contributed by atoms with Crippen molar-refractivity contribution in [2.24, 2.45) is 0 Å². The highest BCUT2D eigenvalue weighted by atomic mass is 19.1. The minimum Gasteiger partial charge on any atom is -0.490 e. The Balaban J connectivity index is 1.72. The van der Waals surface area contributed by atoms with Gasteiger partial charge in [0.15, 0.2) is 0 Å². The van der Waals surface area contributed by atoms with Gasteiger partial charge in [0, 0.05) is 12.3 Å². The summed E-state index contributed by atoms with van der Waals surface area (Å²) in [6.07, 6.45) is 2.10. The second-order valence-corrected chi connectivity index (χ2v) is 5.86. The van der Waals surface area contributed by atoms with Crippen LogP contribution in [0.5, 0.6) is 5.75 Å². The van der Waals surface area contributed by atoms with Gasteiger partial charge < -0.3 is 14.8 Å². The molecule has 2 aromatic carbocycles. The van der Waals surface area contributed by atoms with Gasteiger partial charge in [0.25, 0.3) is 5.91 Å². The normalized spacial score (nSPS) is 16.8. The second kappa shape index (κ2) is 7.45. The summed E-state index contributed by atoms with van der Waals surface area (Å²) in [5.74, 6) is -0.0938. The summed E-state index contributed by atoms with van der Waals surface area (Å²) in [4.78, 5) is 12.6. The lowest BCUT2D eigenvalue weighted by Gasteiger charge is -2.15. The van der Waals surface area contributed by atoms with Crippen molar-refractivity contribution in [1.29, 1.82) is 0 Å². The first kappa shape index (κ1) is 16.5. The highest BCUT2D eigenvalue weighted by Gasteiger charge is 2.18. The van der Waals surface area contributed by atoms with E-state index in [4.69, 9.17) is 9.47 Å². The van der Waals surface area contributed by atoms with Gasteiger partial charge in [-0.15, -0.1) is 0 Å². The number of nitrogens with one attached hydrogen (secondary N) is 1. The number of hydrogen-bond donors (Lipinski definition) is 1. The number of ether oxygens (including phenoxy) is 2. The van der Waals surface area contributed by atoms with Crippen LogP contribution in [0.2, 0.25) is 0 Å². The average molecular weight is 329 g/mol. The van der Waals surface area contributed by atoms with Crippen molar-refractivity contribution in [1.82, 2.24) is 0 Å². The first-order valence-electron chi connectivity index (χ1n) is 8.04. The van der Waals surface area contributed by atoms with Gasteiger partial charge in [-0.2, -0.15) is 0 Å². The predicted molar refractivity (Wildman–Crippen MR) is 90.0 cm³/mol. The number of amides is 1. The summed E-state index contributed by atoms with van der Waals surface area (Å²) < 4.78 is 24.5. The monoisotopic (exact) mass is 329 g/mol. The third kappa shape index (κ3) is 3.92. The molecule has 0 aromatic heterocycles. The Morgan fingerprint density at radius 2 is 2.17 bits per heavy atom. The number of anilines is 1. The number of benzene rings is 2. The van der Waals surface area contributed by atoms with Gasteiger partial charge in [-0.3, -0.25) is 4.79 Å². The van der Waals surface area contributed by atoms with Crippen LogP contribution in [0.25, 0.3) is 0 Å². The molecular formula is C19H20FNO3. The van der Waals surface area contributed by atoms with Crippen molar-refractivity contribution in [2.45, 2.75) is 25.9 Å². The molecule has 1 saturated heterocycles. The lowest BCUT2D eigenvalue weighted by molar-refractivity contribution is 0.0673. The first-order valence-corrected chi connectivity index (χ1v) is 8.04. The molecule has 1 N–H and O–H groups in total. The smallest absolute Gasteiger partial charge is 0.259 e. The number of para-hydroxylation sites is 1. The fourth-order valence-corrected chi connectivity index (χ4v) is 2.70. The Bertz CT molecular complexity index is 726. The third-order valence-corrected chi connectivity index (χ3v) is 4.02. The number of halogens is 1. The van der Waals surface area contributed by atoms with E-state index in [0.29, 0.717) is 29.2 Å². The quantitative estimate of drug-likeness (QED) is 0.904.